The highest BCUT2D eigenvalue weighted by molar-refractivity contribution is 5.61. The molecule has 0 bridgehead atoms. The van der Waals surface area contributed by atoms with Crippen molar-refractivity contribution in [3.05, 3.63) is 12.1 Å². The summed E-state index contributed by atoms with van der Waals surface area (Å²) in [6.45, 7) is 0.389. The molecule has 1 N–H and O–H groups in total. The molecule has 0 aromatic heterocycles. The lowest BCUT2D eigenvalue weighted by Gasteiger charge is -2.17. The molecule has 0 saturated heterocycles. The van der Waals surface area contributed by atoms with Crippen molar-refractivity contribution in [2.45, 2.75) is 0 Å². The smallest absolute Gasteiger partial charge is 0.232 e. The molecule has 0 spiro atoms. The predicted octanol–water partition coefficient (Wildman–Crippen LogP) is 0.207. The Kier molecular flexibility index (Phi) is 1.69. The fourth-order valence-electron chi connectivity index (χ4n) is 0.556. The van der Waals surface area contributed by atoms with E-state index in [1.54, 1.807) is 6.21 Å². The van der Waals surface area contributed by atoms with E-state index in [-0.39, 0.29) is 0 Å². The summed E-state index contributed by atoms with van der Waals surface area (Å²) in [7, 11) is 1.48. The van der Waals surface area contributed by atoms with Gasteiger partial charge < -0.3 is 4.74 Å². The second kappa shape index (κ2) is 2.50. The van der Waals surface area contributed by atoms with E-state index >= 15 is 0 Å². The summed E-state index contributed by atoms with van der Waals surface area (Å²) in [4.78, 5) is 3.77. The van der Waals surface area contributed by atoms with E-state index in [4.69, 9.17) is 9.94 Å². The third-order valence-corrected chi connectivity index (χ3v) is 1.01. The molecular weight excluding hydrogens is 120 g/mol. The van der Waals surface area contributed by atoms with Crippen LogP contribution < -0.4 is 0 Å². The maximum Gasteiger partial charge on any atom is 0.232 e. The highest BCUT2D eigenvalue weighted by Gasteiger charge is 2.06. The van der Waals surface area contributed by atoms with Crippen LogP contribution in [0.25, 0.3) is 0 Å². The summed E-state index contributed by atoms with van der Waals surface area (Å²) >= 11 is 0. The van der Waals surface area contributed by atoms with Crippen LogP contribution in [-0.4, -0.2) is 30.1 Å². The largest absolute Gasteiger partial charge is 0.480 e. The molecule has 4 heteroatoms. The predicted molar refractivity (Wildman–Crippen MR) is 32.1 cm³/mol. The van der Waals surface area contributed by atoms with Gasteiger partial charge in [-0.25, -0.2) is 5.06 Å². The molecule has 1 aliphatic heterocycles. The van der Waals surface area contributed by atoms with Crippen molar-refractivity contribution in [2.75, 3.05) is 13.7 Å². The molecule has 9 heavy (non-hydrogen) atoms. The lowest BCUT2D eigenvalue weighted by Crippen LogP contribution is -2.23. The van der Waals surface area contributed by atoms with E-state index in [2.05, 4.69) is 4.99 Å². The Bertz CT molecular complexity index is 153. The Balaban J connectivity index is 2.63. The molecule has 0 aliphatic carbocycles. The van der Waals surface area contributed by atoms with Crippen LogP contribution in [-0.2, 0) is 4.74 Å². The number of methoxy groups -OCH3 is 1. The molecule has 0 unspecified atom stereocenters. The SMILES string of the molecule is COC1=CN=CCN1O. The van der Waals surface area contributed by atoms with E-state index < -0.39 is 0 Å². The first-order valence-electron chi connectivity index (χ1n) is 2.57. The zero-order valence-electron chi connectivity index (χ0n) is 5.11. The minimum Gasteiger partial charge on any atom is -0.480 e. The van der Waals surface area contributed by atoms with Crippen LogP contribution in [0, 0.1) is 0 Å². The molecular formula is C5H8N2O2. The van der Waals surface area contributed by atoms with E-state index in [1.807, 2.05) is 0 Å². The standard InChI is InChI=1S/C5H8N2O2/c1-9-5-4-6-2-3-7(5)8/h2,4,8H,3H2,1H3. The van der Waals surface area contributed by atoms with E-state index in [0.29, 0.717) is 12.4 Å². The Morgan fingerprint density at radius 3 is 3.11 bits per heavy atom. The van der Waals surface area contributed by atoms with Crippen molar-refractivity contribution in [2.24, 2.45) is 4.99 Å². The minimum absolute atomic E-state index is 0.373. The van der Waals surface area contributed by atoms with E-state index in [1.165, 1.54) is 13.3 Å². The average molecular weight is 128 g/mol. The molecule has 0 amide bonds. The lowest BCUT2D eigenvalue weighted by atomic mass is 10.6. The summed E-state index contributed by atoms with van der Waals surface area (Å²) in [6, 6.07) is 0. The maximum atomic E-state index is 8.92. The zero-order valence-corrected chi connectivity index (χ0v) is 5.11. The van der Waals surface area contributed by atoms with Crippen molar-refractivity contribution in [3.63, 3.8) is 0 Å². The van der Waals surface area contributed by atoms with Crippen molar-refractivity contribution in [1.29, 1.82) is 0 Å². The van der Waals surface area contributed by atoms with Crippen LogP contribution in [0.4, 0.5) is 0 Å². The number of rotatable bonds is 1. The summed E-state index contributed by atoms with van der Waals surface area (Å²) in [5.74, 6) is 0.373. The van der Waals surface area contributed by atoms with Crippen LogP contribution in [0.2, 0.25) is 0 Å². The Hall–Kier alpha value is -1.03. The number of nitrogens with zero attached hydrogens (tertiary/aromatic N) is 2. The fourth-order valence-corrected chi connectivity index (χ4v) is 0.556. The average Bonchev–Trinajstić information content (AvgIpc) is 1.89. The monoisotopic (exact) mass is 128 g/mol. The van der Waals surface area contributed by atoms with Gasteiger partial charge in [0.05, 0.1) is 19.9 Å². The Morgan fingerprint density at radius 2 is 2.67 bits per heavy atom. The molecule has 4 nitrogen and oxygen atoms in total. The van der Waals surface area contributed by atoms with Gasteiger partial charge in [0.1, 0.15) is 0 Å². The van der Waals surface area contributed by atoms with Gasteiger partial charge in [0.2, 0.25) is 5.88 Å². The summed E-state index contributed by atoms with van der Waals surface area (Å²) < 4.78 is 4.73. The van der Waals surface area contributed by atoms with Gasteiger partial charge in [-0.05, 0) is 0 Å². The lowest BCUT2D eigenvalue weighted by molar-refractivity contribution is -0.0882. The molecule has 0 radical (unpaired) electrons. The van der Waals surface area contributed by atoms with Gasteiger partial charge in [-0.15, -0.1) is 0 Å². The summed E-state index contributed by atoms with van der Waals surface area (Å²) in [6.07, 6.45) is 3.03. The number of aliphatic imine (C=N–C) groups is 1. The molecule has 1 aliphatic rings. The number of hydrogen-bond donors (Lipinski definition) is 1. The van der Waals surface area contributed by atoms with Gasteiger partial charge in [-0.2, -0.15) is 0 Å². The van der Waals surface area contributed by atoms with Gasteiger partial charge >= 0.3 is 0 Å². The normalized spacial score (nSPS) is 17.6. The van der Waals surface area contributed by atoms with Crippen LogP contribution in [0.3, 0.4) is 0 Å². The van der Waals surface area contributed by atoms with Crippen LogP contribution >= 0.6 is 0 Å². The maximum absolute atomic E-state index is 8.92. The number of hydroxylamine groups is 2. The number of ether oxygens (including phenoxy) is 1. The van der Waals surface area contributed by atoms with Gasteiger partial charge in [-0.3, -0.25) is 10.2 Å². The molecule has 0 saturated carbocycles. The molecule has 1 heterocycles. The van der Waals surface area contributed by atoms with Crippen molar-refractivity contribution >= 4 is 6.21 Å². The molecule has 1 rings (SSSR count). The Morgan fingerprint density at radius 1 is 1.89 bits per heavy atom. The van der Waals surface area contributed by atoms with Crippen molar-refractivity contribution < 1.29 is 9.94 Å². The van der Waals surface area contributed by atoms with E-state index in [9.17, 15) is 0 Å². The minimum atomic E-state index is 0.373. The summed E-state index contributed by atoms with van der Waals surface area (Å²) in [5.41, 5.74) is 0. The number of hydrogen-bond acceptors (Lipinski definition) is 4. The molecule has 0 aromatic carbocycles. The topological polar surface area (TPSA) is 45.1 Å². The Labute approximate surface area is 53.0 Å². The highest BCUT2D eigenvalue weighted by Crippen LogP contribution is 2.03. The van der Waals surface area contributed by atoms with Gasteiger partial charge in [0, 0.05) is 6.21 Å². The molecule has 50 valence electrons. The molecule has 0 aromatic rings. The third kappa shape index (κ3) is 1.20. The second-order valence-corrected chi connectivity index (χ2v) is 1.59. The quantitative estimate of drug-likeness (QED) is 0.549. The first kappa shape index (κ1) is 6.10. The van der Waals surface area contributed by atoms with Gasteiger partial charge in [-0.1, -0.05) is 0 Å². The zero-order chi connectivity index (χ0) is 6.69. The first-order valence-corrected chi connectivity index (χ1v) is 2.57. The first-order chi connectivity index (χ1) is 4.34. The fraction of sp³-hybridized carbons (Fsp3) is 0.400. The van der Waals surface area contributed by atoms with Crippen molar-refractivity contribution in [1.82, 2.24) is 5.06 Å². The summed E-state index contributed by atoms with van der Waals surface area (Å²) in [5, 5.41) is 9.90. The van der Waals surface area contributed by atoms with Crippen LogP contribution in [0.5, 0.6) is 0 Å². The van der Waals surface area contributed by atoms with Crippen LogP contribution in [0.15, 0.2) is 17.1 Å². The third-order valence-electron chi connectivity index (χ3n) is 1.01. The van der Waals surface area contributed by atoms with Crippen molar-refractivity contribution in [3.8, 4) is 0 Å². The molecule has 0 atom stereocenters. The molecule has 0 fully saturated rings. The van der Waals surface area contributed by atoms with E-state index in [0.717, 1.165) is 5.06 Å². The van der Waals surface area contributed by atoms with Gasteiger partial charge in [0.25, 0.3) is 0 Å². The highest BCUT2D eigenvalue weighted by atomic mass is 16.6. The second-order valence-electron chi connectivity index (χ2n) is 1.59. The van der Waals surface area contributed by atoms with Gasteiger partial charge in [0.15, 0.2) is 0 Å². The van der Waals surface area contributed by atoms with Crippen LogP contribution in [0.1, 0.15) is 0 Å².